The Labute approximate surface area is 96.7 Å². The highest BCUT2D eigenvalue weighted by Crippen LogP contribution is 2.10. The summed E-state index contributed by atoms with van der Waals surface area (Å²) in [4.78, 5) is 7.02. The Kier molecular flexibility index (Phi) is 4.79. The number of rotatable bonds is 4. The van der Waals surface area contributed by atoms with Crippen molar-refractivity contribution < 1.29 is 0 Å². The van der Waals surface area contributed by atoms with E-state index in [4.69, 9.17) is 0 Å². The van der Waals surface area contributed by atoms with Gasteiger partial charge in [-0.2, -0.15) is 0 Å². The Hall–Kier alpha value is -0.220. The van der Waals surface area contributed by atoms with Gasteiger partial charge in [-0.3, -0.25) is 4.99 Å². The Morgan fingerprint density at radius 3 is 2.87 bits per heavy atom. The Morgan fingerprint density at radius 1 is 1.27 bits per heavy atom. The minimum absolute atomic E-state index is 1.02. The highest BCUT2D eigenvalue weighted by atomic mass is 32.2. The van der Waals surface area contributed by atoms with Crippen molar-refractivity contribution in [1.82, 2.24) is 10.2 Å². The second kappa shape index (κ2) is 6.38. The van der Waals surface area contributed by atoms with Gasteiger partial charge in [-0.15, -0.1) is 0 Å². The summed E-state index contributed by atoms with van der Waals surface area (Å²) in [5.74, 6) is 1.23. The molecule has 0 aliphatic carbocycles. The monoisotopic (exact) mass is 227 g/mol. The van der Waals surface area contributed by atoms with E-state index in [0.29, 0.717) is 0 Å². The molecule has 1 fully saturated rings. The number of hydrogen-bond acceptors (Lipinski definition) is 4. The third-order valence-corrected chi connectivity index (χ3v) is 3.96. The van der Waals surface area contributed by atoms with Crippen LogP contribution in [0.4, 0.5) is 0 Å². The van der Waals surface area contributed by atoms with Crippen molar-refractivity contribution in [2.75, 3.05) is 38.5 Å². The second-order valence-electron chi connectivity index (χ2n) is 4.22. The van der Waals surface area contributed by atoms with Crippen LogP contribution >= 0.6 is 11.8 Å². The number of aliphatic imine (C=N–C) groups is 1. The fourth-order valence-electron chi connectivity index (χ4n) is 2.07. The lowest BCUT2D eigenvalue weighted by molar-refractivity contribution is 0.334. The van der Waals surface area contributed by atoms with Gasteiger partial charge in [0.05, 0.1) is 0 Å². The smallest absolute Gasteiger partial charge is 0.156 e. The summed E-state index contributed by atoms with van der Waals surface area (Å²) >= 11 is 1.87. The van der Waals surface area contributed by atoms with E-state index in [0.717, 1.165) is 13.1 Å². The molecule has 86 valence electrons. The molecular weight excluding hydrogens is 206 g/mol. The van der Waals surface area contributed by atoms with Gasteiger partial charge >= 0.3 is 0 Å². The fourth-order valence-corrected chi connectivity index (χ4v) is 2.92. The van der Waals surface area contributed by atoms with Crippen LogP contribution in [0.15, 0.2) is 4.99 Å². The van der Waals surface area contributed by atoms with E-state index in [2.05, 4.69) is 15.2 Å². The van der Waals surface area contributed by atoms with Gasteiger partial charge in [-0.05, 0) is 45.3 Å². The molecule has 2 aliphatic rings. The van der Waals surface area contributed by atoms with E-state index in [1.165, 1.54) is 56.2 Å². The molecule has 2 heterocycles. The maximum Gasteiger partial charge on any atom is 0.156 e. The van der Waals surface area contributed by atoms with Gasteiger partial charge in [-0.1, -0.05) is 11.8 Å². The van der Waals surface area contributed by atoms with E-state index in [-0.39, 0.29) is 0 Å². The molecule has 4 heteroatoms. The van der Waals surface area contributed by atoms with Crippen molar-refractivity contribution in [1.29, 1.82) is 0 Å². The van der Waals surface area contributed by atoms with Crippen molar-refractivity contribution >= 4 is 16.9 Å². The number of amidine groups is 1. The van der Waals surface area contributed by atoms with Crippen LogP contribution in [0.2, 0.25) is 0 Å². The average molecular weight is 227 g/mol. The molecule has 0 aromatic rings. The van der Waals surface area contributed by atoms with Gasteiger partial charge in [0.2, 0.25) is 0 Å². The largest absolute Gasteiger partial charge is 0.365 e. The van der Waals surface area contributed by atoms with Gasteiger partial charge in [0, 0.05) is 18.8 Å². The van der Waals surface area contributed by atoms with Crippen molar-refractivity contribution in [2.45, 2.75) is 25.7 Å². The van der Waals surface area contributed by atoms with Gasteiger partial charge in [0.15, 0.2) is 5.17 Å². The number of nitrogens with zero attached hydrogens (tertiary/aromatic N) is 2. The minimum Gasteiger partial charge on any atom is -0.365 e. The topological polar surface area (TPSA) is 27.6 Å². The van der Waals surface area contributed by atoms with Crippen LogP contribution in [0.5, 0.6) is 0 Å². The van der Waals surface area contributed by atoms with Crippen LogP contribution in [0.3, 0.4) is 0 Å². The molecule has 0 bridgehead atoms. The molecule has 0 atom stereocenters. The van der Waals surface area contributed by atoms with E-state index < -0.39 is 0 Å². The van der Waals surface area contributed by atoms with Crippen LogP contribution in [0.25, 0.3) is 0 Å². The van der Waals surface area contributed by atoms with Crippen LogP contribution in [-0.2, 0) is 0 Å². The SMILES string of the molecule is C1CN=C(NCCCN2CCCC2)SC1. The van der Waals surface area contributed by atoms with Gasteiger partial charge in [-0.25, -0.2) is 0 Å². The summed E-state index contributed by atoms with van der Waals surface area (Å²) in [6.07, 6.45) is 5.29. The predicted octanol–water partition coefficient (Wildman–Crippen LogP) is 1.55. The van der Waals surface area contributed by atoms with Crippen LogP contribution in [0, 0.1) is 0 Å². The van der Waals surface area contributed by atoms with E-state index in [9.17, 15) is 0 Å². The van der Waals surface area contributed by atoms with Gasteiger partial charge in [0.1, 0.15) is 0 Å². The fraction of sp³-hybridized carbons (Fsp3) is 0.909. The third-order valence-electron chi connectivity index (χ3n) is 2.92. The summed E-state index contributed by atoms with van der Waals surface area (Å²) < 4.78 is 0. The molecule has 1 N–H and O–H groups in total. The molecule has 3 nitrogen and oxygen atoms in total. The lowest BCUT2D eigenvalue weighted by atomic mass is 10.4. The zero-order valence-corrected chi connectivity index (χ0v) is 10.2. The molecule has 0 amide bonds. The first kappa shape index (κ1) is 11.3. The molecular formula is C11H21N3S. The Balaban J connectivity index is 1.52. The lowest BCUT2D eigenvalue weighted by Gasteiger charge is -2.16. The zero-order chi connectivity index (χ0) is 10.3. The second-order valence-corrected chi connectivity index (χ2v) is 5.30. The summed E-state index contributed by atoms with van der Waals surface area (Å²) in [6.45, 7) is 5.99. The van der Waals surface area contributed by atoms with Crippen molar-refractivity contribution in [3.05, 3.63) is 0 Å². The number of likely N-dealkylation sites (tertiary alicyclic amines) is 1. The van der Waals surface area contributed by atoms with Crippen molar-refractivity contribution in [3.8, 4) is 0 Å². The normalized spacial score (nSPS) is 22.8. The maximum atomic E-state index is 4.45. The summed E-state index contributed by atoms with van der Waals surface area (Å²) in [5, 5.41) is 4.60. The molecule has 0 unspecified atom stereocenters. The Bertz CT molecular complexity index is 212. The number of nitrogens with one attached hydrogen (secondary N) is 1. The van der Waals surface area contributed by atoms with Crippen molar-refractivity contribution in [2.24, 2.45) is 4.99 Å². The molecule has 0 spiro atoms. The number of hydrogen-bond donors (Lipinski definition) is 1. The van der Waals surface area contributed by atoms with Crippen LogP contribution in [-0.4, -0.2) is 48.5 Å². The molecule has 0 aromatic carbocycles. The molecule has 0 aromatic heterocycles. The highest BCUT2D eigenvalue weighted by molar-refractivity contribution is 8.13. The molecule has 15 heavy (non-hydrogen) atoms. The lowest BCUT2D eigenvalue weighted by Crippen LogP contribution is -2.28. The molecule has 0 saturated carbocycles. The van der Waals surface area contributed by atoms with E-state index in [1.54, 1.807) is 0 Å². The molecule has 2 rings (SSSR count). The van der Waals surface area contributed by atoms with Crippen LogP contribution < -0.4 is 5.32 Å². The van der Waals surface area contributed by atoms with E-state index in [1.807, 2.05) is 11.8 Å². The first-order valence-corrected chi connectivity index (χ1v) is 7.07. The minimum atomic E-state index is 1.02. The first-order valence-electron chi connectivity index (χ1n) is 6.08. The average Bonchev–Trinajstić information content (AvgIpc) is 2.79. The zero-order valence-electron chi connectivity index (χ0n) is 9.37. The molecule has 0 radical (unpaired) electrons. The standard InChI is InChI=1S/C11H21N3S/c1-2-8-14(7-1)9-3-5-12-11-13-6-4-10-15-11/h1-10H2,(H,12,13). The van der Waals surface area contributed by atoms with Gasteiger partial charge in [0.25, 0.3) is 0 Å². The predicted molar refractivity (Wildman–Crippen MR) is 67.7 cm³/mol. The summed E-state index contributed by atoms with van der Waals surface area (Å²) in [6, 6.07) is 0. The maximum absolute atomic E-state index is 4.45. The van der Waals surface area contributed by atoms with Crippen LogP contribution in [0.1, 0.15) is 25.7 Å². The first-order chi connectivity index (χ1) is 7.45. The molecule has 1 saturated heterocycles. The third kappa shape index (κ3) is 4.03. The number of thioether (sulfide) groups is 1. The highest BCUT2D eigenvalue weighted by Gasteiger charge is 2.10. The summed E-state index contributed by atoms with van der Waals surface area (Å²) in [5.41, 5.74) is 0. The Morgan fingerprint density at radius 2 is 2.13 bits per heavy atom. The van der Waals surface area contributed by atoms with Crippen molar-refractivity contribution in [3.63, 3.8) is 0 Å². The molecule has 2 aliphatic heterocycles. The summed E-state index contributed by atoms with van der Waals surface area (Å²) in [7, 11) is 0. The van der Waals surface area contributed by atoms with E-state index >= 15 is 0 Å². The quantitative estimate of drug-likeness (QED) is 0.739. The van der Waals surface area contributed by atoms with Gasteiger partial charge < -0.3 is 10.2 Å².